The zero-order valence-electron chi connectivity index (χ0n) is 13.5. The van der Waals surface area contributed by atoms with Crippen LogP contribution in [0.3, 0.4) is 0 Å². The maximum absolute atomic E-state index is 12.3. The summed E-state index contributed by atoms with van der Waals surface area (Å²) in [6.45, 7) is 3.97. The van der Waals surface area contributed by atoms with Gasteiger partial charge in [0.2, 0.25) is 5.91 Å². The molecular weight excluding hydrogens is 386 g/mol. The third kappa shape index (κ3) is 5.54. The van der Waals surface area contributed by atoms with Crippen molar-refractivity contribution in [2.45, 2.75) is 34.2 Å². The zero-order valence-corrected chi connectivity index (χ0v) is 16.7. The Morgan fingerprint density at radius 3 is 2.83 bits per heavy atom. The molecule has 5 nitrogen and oxygen atoms in total. The number of hydrogen-bond acceptors (Lipinski definition) is 7. The van der Waals surface area contributed by atoms with Crippen LogP contribution in [0.4, 0.5) is 5.69 Å². The molecule has 0 saturated carbocycles. The minimum absolute atomic E-state index is 0.112. The van der Waals surface area contributed by atoms with E-state index >= 15 is 0 Å². The second-order valence-electron chi connectivity index (χ2n) is 4.78. The summed E-state index contributed by atoms with van der Waals surface area (Å²) in [5.74, 6) is 1.48. The van der Waals surface area contributed by atoms with Crippen LogP contribution in [0.2, 0.25) is 5.02 Å². The van der Waals surface area contributed by atoms with Crippen LogP contribution in [0.5, 0.6) is 5.75 Å². The number of halogens is 1. The average molecular weight is 404 g/mol. The summed E-state index contributed by atoms with van der Waals surface area (Å²) in [6.07, 6.45) is 1.09. The highest BCUT2D eigenvalue weighted by Crippen LogP contribution is 2.32. The zero-order chi connectivity index (χ0) is 17.5. The van der Waals surface area contributed by atoms with Gasteiger partial charge in [0.05, 0.1) is 17.4 Å². The summed E-state index contributed by atoms with van der Waals surface area (Å²) in [5, 5.41) is 11.3. The highest BCUT2D eigenvalue weighted by Gasteiger charge is 2.18. The lowest BCUT2D eigenvalue weighted by atomic mass is 10.3. The van der Waals surface area contributed by atoms with E-state index in [2.05, 4.69) is 22.4 Å². The van der Waals surface area contributed by atoms with E-state index in [0.717, 1.165) is 20.9 Å². The normalized spacial score (nSPS) is 12.0. The van der Waals surface area contributed by atoms with Gasteiger partial charge in [-0.2, -0.15) is 0 Å². The van der Waals surface area contributed by atoms with Crippen LogP contribution in [0.25, 0.3) is 0 Å². The largest absolute Gasteiger partial charge is 0.495 e. The van der Waals surface area contributed by atoms with E-state index in [4.69, 9.17) is 16.3 Å². The Hall–Kier alpha value is -0.960. The molecule has 0 bridgehead atoms. The molecule has 1 N–H and O–H groups in total. The number of anilines is 1. The lowest BCUT2D eigenvalue weighted by Crippen LogP contribution is -2.22. The maximum Gasteiger partial charge on any atom is 0.237 e. The Kier molecular flexibility index (Phi) is 7.67. The first-order valence-corrected chi connectivity index (χ1v) is 10.4. The number of carbonyl (C=O) groups is 1. The highest BCUT2D eigenvalue weighted by atomic mass is 35.5. The monoisotopic (exact) mass is 403 g/mol. The summed E-state index contributed by atoms with van der Waals surface area (Å²) in [4.78, 5) is 12.3. The first-order chi connectivity index (χ1) is 11.5. The molecule has 0 saturated heterocycles. The number of ether oxygens (including phenoxy) is 1. The van der Waals surface area contributed by atoms with Crippen LogP contribution < -0.4 is 10.1 Å². The van der Waals surface area contributed by atoms with Crippen molar-refractivity contribution in [1.29, 1.82) is 0 Å². The molecule has 130 valence electrons. The maximum atomic E-state index is 12.3. The van der Waals surface area contributed by atoms with E-state index < -0.39 is 0 Å². The number of methoxy groups -OCH3 is 1. The fourth-order valence-electron chi connectivity index (χ4n) is 1.69. The van der Waals surface area contributed by atoms with Crippen molar-refractivity contribution < 1.29 is 9.53 Å². The number of thioether (sulfide) groups is 2. The molecule has 1 atom stereocenters. The number of nitrogens with zero attached hydrogens (tertiary/aromatic N) is 2. The van der Waals surface area contributed by atoms with Gasteiger partial charge in [-0.25, -0.2) is 0 Å². The van der Waals surface area contributed by atoms with E-state index in [1.807, 2.05) is 6.92 Å². The highest BCUT2D eigenvalue weighted by molar-refractivity contribution is 8.03. The lowest BCUT2D eigenvalue weighted by Gasteiger charge is -2.11. The van der Waals surface area contributed by atoms with Crippen molar-refractivity contribution in [3.8, 4) is 5.75 Å². The Bertz CT molecular complexity index is 696. The predicted molar refractivity (Wildman–Crippen MR) is 103 cm³/mol. The molecule has 0 aliphatic rings. The molecule has 1 aromatic heterocycles. The summed E-state index contributed by atoms with van der Waals surface area (Å²) < 4.78 is 6.83. The molecule has 2 rings (SSSR count). The fourth-order valence-corrected chi connectivity index (χ4v) is 5.03. The molecule has 1 heterocycles. The second-order valence-corrected chi connectivity index (χ2v) is 9.10. The number of carbonyl (C=O) groups excluding carboxylic acids is 1. The van der Waals surface area contributed by atoms with Crippen molar-refractivity contribution in [1.82, 2.24) is 10.2 Å². The molecule has 1 aromatic carbocycles. The third-order valence-electron chi connectivity index (χ3n) is 2.88. The van der Waals surface area contributed by atoms with Crippen LogP contribution in [0, 0.1) is 0 Å². The molecular formula is C15H18ClN3O2S3. The van der Waals surface area contributed by atoms with E-state index in [1.165, 1.54) is 23.1 Å². The van der Waals surface area contributed by atoms with E-state index in [-0.39, 0.29) is 11.2 Å². The van der Waals surface area contributed by atoms with Gasteiger partial charge in [-0.15, -0.1) is 10.2 Å². The summed E-state index contributed by atoms with van der Waals surface area (Å²) >= 11 is 10.7. The molecule has 0 radical (unpaired) electrons. The first kappa shape index (κ1) is 19.4. The second kappa shape index (κ2) is 9.50. The predicted octanol–water partition coefficient (Wildman–Crippen LogP) is 4.82. The van der Waals surface area contributed by atoms with Crippen molar-refractivity contribution in [2.24, 2.45) is 0 Å². The molecule has 1 amide bonds. The van der Waals surface area contributed by atoms with Gasteiger partial charge in [0.15, 0.2) is 8.68 Å². The van der Waals surface area contributed by atoms with Gasteiger partial charge in [-0.3, -0.25) is 4.79 Å². The van der Waals surface area contributed by atoms with Crippen LogP contribution in [-0.2, 0) is 4.79 Å². The molecule has 0 aliphatic carbocycles. The molecule has 0 spiro atoms. The van der Waals surface area contributed by atoms with Gasteiger partial charge in [-0.1, -0.05) is 53.4 Å². The smallest absolute Gasteiger partial charge is 0.237 e. The van der Waals surface area contributed by atoms with Crippen LogP contribution in [-0.4, -0.2) is 34.2 Å². The van der Waals surface area contributed by atoms with E-state index in [0.29, 0.717) is 16.5 Å². The van der Waals surface area contributed by atoms with Gasteiger partial charge >= 0.3 is 0 Å². The first-order valence-electron chi connectivity index (χ1n) is 7.30. The molecule has 0 aliphatic heterocycles. The Morgan fingerprint density at radius 2 is 2.17 bits per heavy atom. The molecule has 2 aromatic rings. The minimum atomic E-state index is -0.289. The lowest BCUT2D eigenvalue weighted by molar-refractivity contribution is -0.115. The molecule has 0 fully saturated rings. The van der Waals surface area contributed by atoms with Crippen molar-refractivity contribution in [2.75, 3.05) is 18.2 Å². The molecule has 24 heavy (non-hydrogen) atoms. The number of nitrogens with one attached hydrogen (secondary N) is 1. The van der Waals surface area contributed by atoms with Crippen LogP contribution in [0.1, 0.15) is 20.3 Å². The average Bonchev–Trinajstić information content (AvgIpc) is 3.00. The number of hydrogen-bond donors (Lipinski definition) is 1. The van der Waals surface area contributed by atoms with Crippen molar-refractivity contribution >= 4 is 58.1 Å². The van der Waals surface area contributed by atoms with Gasteiger partial charge in [-0.05, 0) is 31.5 Å². The topological polar surface area (TPSA) is 64.1 Å². The van der Waals surface area contributed by atoms with Crippen molar-refractivity contribution in [3.63, 3.8) is 0 Å². The minimum Gasteiger partial charge on any atom is -0.495 e. The number of benzene rings is 1. The van der Waals surface area contributed by atoms with Crippen LogP contribution >= 0.6 is 46.5 Å². The Balaban J connectivity index is 1.92. The quantitative estimate of drug-likeness (QED) is 0.637. The van der Waals surface area contributed by atoms with E-state index in [9.17, 15) is 4.79 Å². The Morgan fingerprint density at radius 1 is 1.42 bits per heavy atom. The Labute approximate surface area is 158 Å². The van der Waals surface area contributed by atoms with Gasteiger partial charge in [0, 0.05) is 11.4 Å². The van der Waals surface area contributed by atoms with Crippen LogP contribution in [0.15, 0.2) is 26.9 Å². The number of rotatable bonds is 8. The third-order valence-corrected chi connectivity index (χ3v) is 6.63. The standard InChI is InChI=1S/C15H18ClN3O2S3/c1-4-7-22-14-18-19-15(24-14)23-9(2)13(20)17-10-5-6-12(21-3)11(16)8-10/h5-6,8-9H,4,7H2,1-3H3,(H,17,20)/t9-/m0/s1. The number of aromatic nitrogens is 2. The molecule has 9 heteroatoms. The van der Waals surface area contributed by atoms with Gasteiger partial charge in [0.1, 0.15) is 5.75 Å². The van der Waals surface area contributed by atoms with E-state index in [1.54, 1.807) is 37.1 Å². The van der Waals surface area contributed by atoms with Gasteiger partial charge < -0.3 is 10.1 Å². The van der Waals surface area contributed by atoms with Crippen molar-refractivity contribution in [3.05, 3.63) is 23.2 Å². The number of amides is 1. The summed E-state index contributed by atoms with van der Waals surface area (Å²) in [5.41, 5.74) is 0.634. The summed E-state index contributed by atoms with van der Waals surface area (Å²) in [7, 11) is 1.55. The summed E-state index contributed by atoms with van der Waals surface area (Å²) in [6, 6.07) is 5.14. The van der Waals surface area contributed by atoms with Gasteiger partial charge in [0.25, 0.3) is 0 Å². The SMILES string of the molecule is CCCSc1nnc(S[C@@H](C)C(=O)Nc2ccc(OC)c(Cl)c2)s1. The fraction of sp³-hybridized carbons (Fsp3) is 0.400. The molecule has 0 unspecified atom stereocenters.